The first-order valence-electron chi connectivity index (χ1n) is 11.1. The molecule has 0 unspecified atom stereocenters. The highest BCUT2D eigenvalue weighted by Crippen LogP contribution is 2.34. The zero-order chi connectivity index (χ0) is 21.1. The molecule has 0 aromatic heterocycles. The van der Waals surface area contributed by atoms with E-state index in [4.69, 9.17) is 4.74 Å². The lowest BCUT2D eigenvalue weighted by Crippen LogP contribution is -2.45. The number of nitrogens with zero attached hydrogens (tertiary/aromatic N) is 1. The van der Waals surface area contributed by atoms with Crippen molar-refractivity contribution < 1.29 is 9.53 Å². The van der Waals surface area contributed by atoms with E-state index in [1.54, 1.807) is 4.90 Å². The molecule has 1 saturated heterocycles. The topological polar surface area (TPSA) is 53.6 Å². The number of fused-ring (bicyclic) bond motifs is 1. The highest BCUT2D eigenvalue weighted by molar-refractivity contribution is 5.96. The van der Waals surface area contributed by atoms with E-state index in [0.29, 0.717) is 18.5 Å². The summed E-state index contributed by atoms with van der Waals surface area (Å²) in [6, 6.07) is 15.7. The number of anilines is 1. The van der Waals surface area contributed by atoms with Crippen LogP contribution in [0.4, 0.5) is 5.69 Å². The third kappa shape index (κ3) is 5.96. The smallest absolute Gasteiger partial charge is 0.227 e. The maximum Gasteiger partial charge on any atom is 0.227 e. The van der Waals surface area contributed by atoms with E-state index in [-0.39, 0.29) is 36.8 Å². The molecule has 2 N–H and O–H groups in total. The normalized spacial score (nSPS) is 20.2. The number of carbonyl (C=O) groups is 1. The number of hydrogen-bond donors (Lipinski definition) is 2. The van der Waals surface area contributed by atoms with E-state index < -0.39 is 0 Å². The fraction of sp³-hybridized carbons (Fsp3) is 0.480. The molecule has 4 rings (SSSR count). The van der Waals surface area contributed by atoms with Crippen LogP contribution in [0.1, 0.15) is 55.8 Å². The molecule has 2 aliphatic rings. The molecule has 5 nitrogen and oxygen atoms in total. The second kappa shape index (κ2) is 11.9. The zero-order valence-electron chi connectivity index (χ0n) is 19.1. The standard InChI is InChI=1S/C25H33N3O2.2ClH/c1-17(2)30-23-15-22-19(11-12-24(29)28(22)3)14-20(23)16-27-21-10-7-13-26-25(21)18-8-5-4-6-9-18;;/h4-6,8-9,14-15,17,21,25-27H,7,10-13,16H2,1-3H3;2*1H/t21-,25-;;/m0../s1. The highest BCUT2D eigenvalue weighted by atomic mass is 35.5. The van der Waals surface area contributed by atoms with Crippen LogP contribution < -0.4 is 20.3 Å². The SMILES string of the molecule is CC(C)Oc1cc2c(cc1CN[C@H]1CCCN[C@H]1c1ccccc1)CCC(=O)N2C.Cl.Cl. The number of aryl methyl sites for hydroxylation is 1. The maximum atomic E-state index is 12.1. The Kier molecular flexibility index (Phi) is 9.83. The summed E-state index contributed by atoms with van der Waals surface area (Å²) in [6.07, 6.45) is 3.77. The van der Waals surface area contributed by atoms with Gasteiger partial charge in [-0.2, -0.15) is 0 Å². The Morgan fingerprint density at radius 3 is 2.62 bits per heavy atom. The number of hydrogen-bond acceptors (Lipinski definition) is 4. The first kappa shape index (κ1) is 26.5. The Bertz CT molecular complexity index is 892. The van der Waals surface area contributed by atoms with Crippen LogP contribution in [-0.4, -0.2) is 31.6 Å². The lowest BCUT2D eigenvalue weighted by molar-refractivity contribution is -0.118. The van der Waals surface area contributed by atoms with Crippen LogP contribution in [0.25, 0.3) is 0 Å². The number of rotatable bonds is 6. The molecule has 0 saturated carbocycles. The Hall–Kier alpha value is -1.79. The van der Waals surface area contributed by atoms with E-state index in [9.17, 15) is 4.79 Å². The molecule has 2 aromatic rings. The largest absolute Gasteiger partial charge is 0.491 e. The minimum Gasteiger partial charge on any atom is -0.491 e. The van der Waals surface area contributed by atoms with Crippen molar-refractivity contribution in [3.8, 4) is 5.75 Å². The molecule has 176 valence electrons. The Morgan fingerprint density at radius 2 is 1.91 bits per heavy atom. The molecule has 2 heterocycles. The average Bonchev–Trinajstić information content (AvgIpc) is 2.76. The summed E-state index contributed by atoms with van der Waals surface area (Å²) in [7, 11) is 1.86. The lowest BCUT2D eigenvalue weighted by Gasteiger charge is -2.34. The van der Waals surface area contributed by atoms with E-state index >= 15 is 0 Å². The predicted octanol–water partition coefficient (Wildman–Crippen LogP) is 4.81. The second-order valence-electron chi connectivity index (χ2n) is 8.68. The Morgan fingerprint density at radius 1 is 1.16 bits per heavy atom. The van der Waals surface area contributed by atoms with Gasteiger partial charge < -0.3 is 20.3 Å². The van der Waals surface area contributed by atoms with Crippen LogP contribution in [0.3, 0.4) is 0 Å². The molecule has 2 aromatic carbocycles. The van der Waals surface area contributed by atoms with Gasteiger partial charge in [-0.05, 0) is 56.8 Å². The van der Waals surface area contributed by atoms with Crippen molar-refractivity contribution in [3.05, 3.63) is 59.2 Å². The van der Waals surface area contributed by atoms with E-state index in [1.165, 1.54) is 23.1 Å². The number of ether oxygens (including phenoxy) is 1. The van der Waals surface area contributed by atoms with Gasteiger partial charge >= 0.3 is 0 Å². The van der Waals surface area contributed by atoms with Crippen molar-refractivity contribution in [2.45, 2.75) is 64.3 Å². The third-order valence-corrected chi connectivity index (χ3v) is 6.14. The molecule has 0 radical (unpaired) electrons. The van der Waals surface area contributed by atoms with Gasteiger partial charge in [0.15, 0.2) is 0 Å². The van der Waals surface area contributed by atoms with Crippen molar-refractivity contribution in [2.75, 3.05) is 18.5 Å². The third-order valence-electron chi connectivity index (χ3n) is 6.14. The molecule has 0 spiro atoms. The molecular formula is C25H35Cl2N3O2. The van der Waals surface area contributed by atoms with Crippen molar-refractivity contribution in [2.24, 2.45) is 0 Å². The quantitative estimate of drug-likeness (QED) is 0.623. The monoisotopic (exact) mass is 479 g/mol. The first-order chi connectivity index (χ1) is 14.5. The van der Waals surface area contributed by atoms with Crippen LogP contribution in [0, 0.1) is 0 Å². The number of amides is 1. The Labute approximate surface area is 204 Å². The summed E-state index contributed by atoms with van der Waals surface area (Å²) in [5.74, 6) is 1.04. The van der Waals surface area contributed by atoms with Gasteiger partial charge in [0.05, 0.1) is 11.8 Å². The van der Waals surface area contributed by atoms with E-state index in [2.05, 4.69) is 53.1 Å². The lowest BCUT2D eigenvalue weighted by atomic mass is 9.92. The van der Waals surface area contributed by atoms with Gasteiger partial charge in [0.2, 0.25) is 5.91 Å². The van der Waals surface area contributed by atoms with Crippen molar-refractivity contribution in [3.63, 3.8) is 0 Å². The minimum atomic E-state index is 0. The molecule has 0 bridgehead atoms. The van der Waals surface area contributed by atoms with Crippen LogP contribution in [0.2, 0.25) is 0 Å². The molecule has 1 amide bonds. The highest BCUT2D eigenvalue weighted by Gasteiger charge is 2.27. The summed E-state index contributed by atoms with van der Waals surface area (Å²) in [5, 5.41) is 7.50. The van der Waals surface area contributed by atoms with E-state index in [1.807, 2.05) is 20.9 Å². The van der Waals surface area contributed by atoms with Crippen molar-refractivity contribution in [1.82, 2.24) is 10.6 Å². The van der Waals surface area contributed by atoms with Crippen LogP contribution in [0.15, 0.2) is 42.5 Å². The number of halogens is 2. The molecule has 2 atom stereocenters. The second-order valence-corrected chi connectivity index (χ2v) is 8.68. The maximum absolute atomic E-state index is 12.1. The predicted molar refractivity (Wildman–Crippen MR) is 135 cm³/mol. The van der Waals surface area contributed by atoms with E-state index in [0.717, 1.165) is 37.4 Å². The summed E-state index contributed by atoms with van der Waals surface area (Å²) in [4.78, 5) is 13.9. The molecular weight excluding hydrogens is 445 g/mol. The van der Waals surface area contributed by atoms with Crippen molar-refractivity contribution in [1.29, 1.82) is 0 Å². The van der Waals surface area contributed by atoms with Gasteiger partial charge in [-0.3, -0.25) is 4.79 Å². The van der Waals surface area contributed by atoms with Crippen LogP contribution in [0.5, 0.6) is 5.75 Å². The minimum absolute atomic E-state index is 0. The van der Waals surface area contributed by atoms with Gasteiger partial charge in [-0.1, -0.05) is 30.3 Å². The van der Waals surface area contributed by atoms with Crippen LogP contribution >= 0.6 is 24.8 Å². The number of piperidine rings is 1. The summed E-state index contributed by atoms with van der Waals surface area (Å²) in [5.41, 5.74) is 4.71. The number of nitrogens with one attached hydrogen (secondary N) is 2. The first-order valence-corrected chi connectivity index (χ1v) is 11.1. The van der Waals surface area contributed by atoms with Gasteiger partial charge in [0.25, 0.3) is 0 Å². The average molecular weight is 480 g/mol. The molecule has 1 fully saturated rings. The van der Waals surface area contributed by atoms with Crippen molar-refractivity contribution >= 4 is 36.4 Å². The molecule has 0 aliphatic carbocycles. The number of carbonyl (C=O) groups excluding carboxylic acids is 1. The summed E-state index contributed by atoms with van der Waals surface area (Å²) >= 11 is 0. The Balaban J connectivity index is 0.00000181. The number of benzene rings is 2. The van der Waals surface area contributed by atoms with Gasteiger partial charge in [-0.15, -0.1) is 24.8 Å². The fourth-order valence-corrected chi connectivity index (χ4v) is 4.58. The molecule has 7 heteroatoms. The molecule has 32 heavy (non-hydrogen) atoms. The fourth-order valence-electron chi connectivity index (χ4n) is 4.58. The van der Waals surface area contributed by atoms with Gasteiger partial charge in [0, 0.05) is 43.7 Å². The van der Waals surface area contributed by atoms with Crippen LogP contribution in [-0.2, 0) is 17.8 Å². The molecule has 2 aliphatic heterocycles. The summed E-state index contributed by atoms with van der Waals surface area (Å²) < 4.78 is 6.15. The van der Waals surface area contributed by atoms with Gasteiger partial charge in [0.1, 0.15) is 5.75 Å². The van der Waals surface area contributed by atoms with Gasteiger partial charge in [-0.25, -0.2) is 0 Å². The zero-order valence-corrected chi connectivity index (χ0v) is 20.7. The summed E-state index contributed by atoms with van der Waals surface area (Å²) in [6.45, 7) is 5.89.